The Hall–Kier alpha value is -2.47. The zero-order valence-corrected chi connectivity index (χ0v) is 18.4. The van der Waals surface area contributed by atoms with Gasteiger partial charge in [0.1, 0.15) is 12.0 Å². The Labute approximate surface area is 176 Å². The van der Waals surface area contributed by atoms with Gasteiger partial charge in [0, 0.05) is 58.2 Å². The third-order valence-corrected chi connectivity index (χ3v) is 6.63. The number of guanidine groups is 1. The van der Waals surface area contributed by atoms with Crippen LogP contribution in [0, 0.1) is 0 Å². The summed E-state index contributed by atoms with van der Waals surface area (Å²) in [5, 5.41) is 11.0. The van der Waals surface area contributed by atoms with Gasteiger partial charge in [0.05, 0.1) is 5.69 Å². The van der Waals surface area contributed by atoms with Crippen LogP contribution >= 0.6 is 0 Å². The van der Waals surface area contributed by atoms with Crippen molar-refractivity contribution in [3.63, 3.8) is 0 Å². The van der Waals surface area contributed by atoms with Crippen LogP contribution in [0.15, 0.2) is 26.4 Å². The van der Waals surface area contributed by atoms with E-state index in [1.807, 2.05) is 13.8 Å². The van der Waals surface area contributed by atoms with Crippen LogP contribution in [-0.4, -0.2) is 78.7 Å². The lowest BCUT2D eigenvalue weighted by molar-refractivity contribution is 0.259. The highest BCUT2D eigenvalue weighted by Gasteiger charge is 2.28. The minimum Gasteiger partial charge on any atom is -0.364 e. The molecule has 0 amide bonds. The first-order valence-corrected chi connectivity index (χ1v) is 11.6. The van der Waals surface area contributed by atoms with Crippen LogP contribution in [-0.2, 0) is 22.2 Å². The maximum Gasteiger partial charge on any atom is 0.226 e. The van der Waals surface area contributed by atoms with Crippen molar-refractivity contribution in [2.75, 3.05) is 39.8 Å². The number of hydrogen-bond donors (Lipinski definition) is 1. The second-order valence-corrected chi connectivity index (χ2v) is 9.38. The maximum absolute atomic E-state index is 12.5. The SMILES string of the molecule is CN=C(NCCCc1nc(C(C)C)no1)N1CCN(S(=O)(=O)Cc2ccon2)CC1. The lowest BCUT2D eigenvalue weighted by Crippen LogP contribution is -2.54. The Balaban J connectivity index is 1.42. The van der Waals surface area contributed by atoms with Crippen molar-refractivity contribution < 1.29 is 17.5 Å². The van der Waals surface area contributed by atoms with Gasteiger partial charge in [-0.15, -0.1) is 0 Å². The Morgan fingerprint density at radius 3 is 2.63 bits per heavy atom. The predicted octanol–water partition coefficient (Wildman–Crippen LogP) is 0.837. The number of sulfonamides is 1. The minimum absolute atomic E-state index is 0.148. The van der Waals surface area contributed by atoms with Crippen LogP contribution in [0.3, 0.4) is 0 Å². The topological polar surface area (TPSA) is 130 Å². The normalized spacial score (nSPS) is 16.4. The Morgan fingerprint density at radius 2 is 2.03 bits per heavy atom. The highest BCUT2D eigenvalue weighted by molar-refractivity contribution is 7.88. The summed E-state index contributed by atoms with van der Waals surface area (Å²) in [4.78, 5) is 10.8. The zero-order valence-electron chi connectivity index (χ0n) is 17.6. The molecule has 0 radical (unpaired) electrons. The van der Waals surface area contributed by atoms with Crippen molar-refractivity contribution >= 4 is 16.0 Å². The molecule has 12 heteroatoms. The van der Waals surface area contributed by atoms with Crippen LogP contribution in [0.5, 0.6) is 0 Å². The molecule has 2 aromatic heterocycles. The van der Waals surface area contributed by atoms with Gasteiger partial charge in [-0.05, 0) is 6.42 Å². The summed E-state index contributed by atoms with van der Waals surface area (Å²) in [5.41, 5.74) is 0.414. The Kier molecular flexibility index (Phi) is 7.43. The molecule has 0 unspecified atom stereocenters. The van der Waals surface area contributed by atoms with Gasteiger partial charge in [-0.3, -0.25) is 4.99 Å². The number of aliphatic imine (C=N–C) groups is 1. The van der Waals surface area contributed by atoms with E-state index >= 15 is 0 Å². The first kappa shape index (κ1) is 22.2. The fourth-order valence-corrected chi connectivity index (χ4v) is 4.57. The molecule has 0 atom stereocenters. The second kappa shape index (κ2) is 10.0. The molecule has 3 rings (SSSR count). The average molecular weight is 440 g/mol. The summed E-state index contributed by atoms with van der Waals surface area (Å²) >= 11 is 0. The number of aryl methyl sites for hydroxylation is 1. The molecule has 1 aliphatic heterocycles. The van der Waals surface area contributed by atoms with Gasteiger partial charge in [0.2, 0.25) is 15.9 Å². The summed E-state index contributed by atoms with van der Waals surface area (Å²) in [6, 6.07) is 1.57. The third kappa shape index (κ3) is 5.79. The van der Waals surface area contributed by atoms with E-state index in [9.17, 15) is 8.42 Å². The molecule has 11 nitrogen and oxygen atoms in total. The van der Waals surface area contributed by atoms with E-state index in [-0.39, 0.29) is 11.7 Å². The summed E-state index contributed by atoms with van der Waals surface area (Å²) in [7, 11) is -1.69. The number of hydrogen-bond acceptors (Lipinski definition) is 8. The van der Waals surface area contributed by atoms with E-state index in [1.54, 1.807) is 13.1 Å². The van der Waals surface area contributed by atoms with E-state index in [0.717, 1.165) is 18.2 Å². The lowest BCUT2D eigenvalue weighted by Gasteiger charge is -2.35. The molecule has 1 aliphatic rings. The van der Waals surface area contributed by atoms with Gasteiger partial charge in [0.15, 0.2) is 11.8 Å². The van der Waals surface area contributed by atoms with E-state index < -0.39 is 10.0 Å². The molecule has 0 aliphatic carbocycles. The molecule has 2 aromatic rings. The summed E-state index contributed by atoms with van der Waals surface area (Å²) in [5.74, 6) is 2.23. The first-order chi connectivity index (χ1) is 14.4. The van der Waals surface area contributed by atoms with Gasteiger partial charge in [-0.25, -0.2) is 8.42 Å². The largest absolute Gasteiger partial charge is 0.364 e. The lowest BCUT2D eigenvalue weighted by atomic mass is 10.2. The van der Waals surface area contributed by atoms with Crippen molar-refractivity contribution in [2.24, 2.45) is 4.99 Å². The van der Waals surface area contributed by atoms with Crippen LogP contribution in [0.1, 0.15) is 43.6 Å². The Morgan fingerprint density at radius 1 is 1.27 bits per heavy atom. The van der Waals surface area contributed by atoms with Gasteiger partial charge < -0.3 is 19.3 Å². The molecule has 1 saturated heterocycles. The fraction of sp³-hybridized carbons (Fsp3) is 0.667. The van der Waals surface area contributed by atoms with Gasteiger partial charge in [-0.1, -0.05) is 24.2 Å². The highest BCUT2D eigenvalue weighted by Crippen LogP contribution is 2.13. The average Bonchev–Trinajstić information content (AvgIpc) is 3.40. The molecule has 0 bridgehead atoms. The molecule has 0 saturated carbocycles. The fourth-order valence-electron chi connectivity index (χ4n) is 3.14. The maximum atomic E-state index is 12.5. The number of piperazine rings is 1. The van der Waals surface area contributed by atoms with Crippen molar-refractivity contribution in [3.05, 3.63) is 29.7 Å². The van der Waals surface area contributed by atoms with E-state index in [4.69, 9.17) is 9.05 Å². The standard InChI is InChI=1S/C18H29N7O4S/c1-14(2)17-21-16(29-23-17)5-4-7-20-18(19-3)24-8-10-25(11-9-24)30(26,27)13-15-6-12-28-22-15/h6,12,14H,4-5,7-11,13H2,1-3H3,(H,19,20). The van der Waals surface area contributed by atoms with E-state index in [2.05, 4.69) is 30.5 Å². The Bertz CT molecular complexity index is 916. The summed E-state index contributed by atoms with van der Waals surface area (Å²) < 4.78 is 36.6. The molecule has 1 N–H and O–H groups in total. The van der Waals surface area contributed by atoms with Gasteiger partial charge in [0.25, 0.3) is 0 Å². The van der Waals surface area contributed by atoms with Gasteiger partial charge >= 0.3 is 0 Å². The van der Waals surface area contributed by atoms with Gasteiger partial charge in [-0.2, -0.15) is 9.29 Å². The quantitative estimate of drug-likeness (QED) is 0.361. The smallest absolute Gasteiger partial charge is 0.226 e. The number of aromatic nitrogens is 3. The highest BCUT2D eigenvalue weighted by atomic mass is 32.2. The number of nitrogens with zero attached hydrogens (tertiary/aromatic N) is 6. The molecule has 30 heavy (non-hydrogen) atoms. The summed E-state index contributed by atoms with van der Waals surface area (Å²) in [6.07, 6.45) is 2.89. The molecule has 3 heterocycles. The third-order valence-electron chi connectivity index (χ3n) is 4.82. The number of nitrogens with one attached hydrogen (secondary N) is 1. The summed E-state index contributed by atoms with van der Waals surface area (Å²) in [6.45, 7) is 6.70. The van der Waals surface area contributed by atoms with E-state index in [1.165, 1.54) is 10.6 Å². The molecule has 0 aromatic carbocycles. The molecular weight excluding hydrogens is 410 g/mol. The monoisotopic (exact) mass is 439 g/mol. The van der Waals surface area contributed by atoms with Crippen molar-refractivity contribution in [2.45, 2.75) is 38.4 Å². The molecule has 1 fully saturated rings. The van der Waals surface area contributed by atoms with Crippen molar-refractivity contribution in [1.29, 1.82) is 0 Å². The van der Waals surface area contributed by atoms with Crippen molar-refractivity contribution in [1.82, 2.24) is 29.8 Å². The molecule has 0 spiro atoms. The van der Waals surface area contributed by atoms with Crippen LogP contribution < -0.4 is 5.32 Å². The van der Waals surface area contributed by atoms with E-state index in [0.29, 0.717) is 50.7 Å². The van der Waals surface area contributed by atoms with Crippen LogP contribution in [0.2, 0.25) is 0 Å². The number of rotatable bonds is 8. The van der Waals surface area contributed by atoms with Crippen LogP contribution in [0.25, 0.3) is 0 Å². The minimum atomic E-state index is -3.42. The predicted molar refractivity (Wildman–Crippen MR) is 110 cm³/mol. The zero-order chi connectivity index (χ0) is 21.6. The molecule has 166 valence electrons. The second-order valence-electron chi connectivity index (χ2n) is 7.41. The van der Waals surface area contributed by atoms with Crippen LogP contribution in [0.4, 0.5) is 0 Å². The van der Waals surface area contributed by atoms with Crippen molar-refractivity contribution in [3.8, 4) is 0 Å². The molecular formula is C18H29N7O4S. The first-order valence-electron chi connectivity index (χ1n) is 10.0.